The summed E-state index contributed by atoms with van der Waals surface area (Å²) in [5.74, 6) is -1.89. The van der Waals surface area contributed by atoms with Gasteiger partial charge in [0.2, 0.25) is 17.7 Å². The van der Waals surface area contributed by atoms with Crippen LogP contribution in [0.1, 0.15) is 65.9 Å². The number of hydrogen-bond donors (Lipinski definition) is 2. The van der Waals surface area contributed by atoms with Crippen molar-refractivity contribution in [2.24, 2.45) is 29.4 Å². The average Bonchev–Trinajstić information content (AvgIpc) is 3.53. The summed E-state index contributed by atoms with van der Waals surface area (Å²) in [4.78, 5) is 57.1. The highest BCUT2D eigenvalue weighted by atomic mass is 16.5. The number of likely N-dealkylation sites (N-methyl/N-ethyl adjacent to an activating group) is 1. The Hall–Kier alpha value is -3.02. The first-order chi connectivity index (χ1) is 21.9. The highest BCUT2D eigenvalue weighted by Gasteiger charge is 2.43. The van der Waals surface area contributed by atoms with E-state index in [1.165, 1.54) is 14.2 Å². The van der Waals surface area contributed by atoms with Gasteiger partial charge in [0.25, 0.3) is 0 Å². The van der Waals surface area contributed by atoms with Crippen molar-refractivity contribution in [2.45, 2.75) is 97.1 Å². The molecule has 8 atom stereocenters. The van der Waals surface area contributed by atoms with Crippen molar-refractivity contribution in [3.8, 4) is 0 Å². The molecule has 0 spiro atoms. The lowest BCUT2D eigenvalue weighted by Gasteiger charge is -2.40. The first-order valence-electron chi connectivity index (χ1n) is 16.6. The van der Waals surface area contributed by atoms with E-state index in [2.05, 4.69) is 19.2 Å². The predicted molar refractivity (Wildman–Crippen MR) is 178 cm³/mol. The quantitative estimate of drug-likeness (QED) is 0.232. The lowest BCUT2D eigenvalue weighted by Crippen LogP contribution is -2.55. The summed E-state index contributed by atoms with van der Waals surface area (Å²) in [7, 11) is 6.19. The van der Waals surface area contributed by atoms with Gasteiger partial charge < -0.3 is 35.1 Å². The van der Waals surface area contributed by atoms with Gasteiger partial charge in [-0.2, -0.15) is 0 Å². The van der Waals surface area contributed by atoms with Crippen molar-refractivity contribution in [3.63, 3.8) is 0 Å². The molecule has 11 heteroatoms. The predicted octanol–water partition coefficient (Wildman–Crippen LogP) is 3.04. The second kappa shape index (κ2) is 19.0. The molecular formula is C35H58N4O7. The van der Waals surface area contributed by atoms with Crippen LogP contribution >= 0.6 is 0 Å². The molecule has 3 N–H and O–H groups in total. The van der Waals surface area contributed by atoms with Crippen molar-refractivity contribution in [1.29, 1.82) is 0 Å². The summed E-state index contributed by atoms with van der Waals surface area (Å²) >= 11 is 0. The molecule has 3 amide bonds. The van der Waals surface area contributed by atoms with Crippen LogP contribution in [0, 0.1) is 23.7 Å². The van der Waals surface area contributed by atoms with Crippen LogP contribution in [-0.2, 0) is 39.8 Å². The molecule has 0 aliphatic carbocycles. The van der Waals surface area contributed by atoms with Gasteiger partial charge in [-0.1, -0.05) is 71.4 Å². The summed E-state index contributed by atoms with van der Waals surface area (Å²) in [6.07, 6.45) is 1.45. The van der Waals surface area contributed by atoms with Gasteiger partial charge in [0.05, 0.1) is 49.7 Å². The molecule has 1 heterocycles. The molecule has 11 nitrogen and oxygen atoms in total. The molecular weight excluding hydrogens is 588 g/mol. The zero-order chi connectivity index (χ0) is 34.6. The van der Waals surface area contributed by atoms with Gasteiger partial charge in [-0.25, -0.2) is 4.79 Å². The van der Waals surface area contributed by atoms with Crippen LogP contribution in [0.25, 0.3) is 0 Å². The average molecular weight is 647 g/mol. The van der Waals surface area contributed by atoms with Gasteiger partial charge >= 0.3 is 5.97 Å². The molecule has 2 rings (SSSR count). The lowest BCUT2D eigenvalue weighted by atomic mass is 9.88. The zero-order valence-corrected chi connectivity index (χ0v) is 29.4. The Balaban J connectivity index is 2.23. The smallest absolute Gasteiger partial charge is 0.328 e. The number of nitrogens with one attached hydrogen (secondary N) is 1. The molecule has 1 aromatic carbocycles. The number of ether oxygens (including phenoxy) is 3. The zero-order valence-electron chi connectivity index (χ0n) is 29.4. The number of hydrogen-bond acceptors (Lipinski definition) is 8. The number of methoxy groups -OCH3 is 3. The summed E-state index contributed by atoms with van der Waals surface area (Å²) in [6, 6.07) is 7.87. The normalized spacial score (nSPS) is 19.5. The van der Waals surface area contributed by atoms with E-state index in [1.807, 2.05) is 44.2 Å². The molecule has 1 fully saturated rings. The standard InChI is InChI=1S/C35H58N4O7/c1-10-23(4)31(38(6)34(42)26(21-36)22(2)3)29(44-7)20-30(40)39-18-14-17-28(39)32(45-8)24(5)33(41)37-27(35(43)46-9)19-25-15-12-11-13-16-25/h11-13,15-16,22-24,26-29,31-32H,10,14,17-21,36H2,1-9H3,(H,37,41)/t23-,24+,26-,27-,28-,29+,31-,32+/m0/s1. The Morgan fingerprint density at radius 2 is 1.70 bits per heavy atom. The van der Waals surface area contributed by atoms with E-state index in [1.54, 1.807) is 30.9 Å². The maximum absolute atomic E-state index is 14.0. The fourth-order valence-electron chi connectivity index (χ4n) is 6.71. The largest absolute Gasteiger partial charge is 0.467 e. The fourth-order valence-corrected chi connectivity index (χ4v) is 6.71. The van der Waals surface area contributed by atoms with Crippen LogP contribution in [0.15, 0.2) is 30.3 Å². The van der Waals surface area contributed by atoms with Crippen LogP contribution in [0.4, 0.5) is 0 Å². The number of amides is 3. The number of carbonyl (C=O) groups is 4. The van der Waals surface area contributed by atoms with Crippen molar-refractivity contribution in [1.82, 2.24) is 15.1 Å². The van der Waals surface area contributed by atoms with Gasteiger partial charge in [-0.05, 0) is 30.2 Å². The molecule has 1 aliphatic heterocycles. The first-order valence-corrected chi connectivity index (χ1v) is 16.6. The Kier molecular flexibility index (Phi) is 16.1. The number of nitrogens with two attached hydrogens (primary N) is 1. The molecule has 1 aliphatic rings. The van der Waals surface area contributed by atoms with Crippen molar-refractivity contribution in [3.05, 3.63) is 35.9 Å². The van der Waals surface area contributed by atoms with Gasteiger partial charge in [-0.15, -0.1) is 0 Å². The molecule has 46 heavy (non-hydrogen) atoms. The summed E-state index contributed by atoms with van der Waals surface area (Å²) in [5, 5.41) is 2.85. The Labute approximate surface area is 275 Å². The van der Waals surface area contributed by atoms with E-state index >= 15 is 0 Å². The van der Waals surface area contributed by atoms with E-state index in [0.29, 0.717) is 13.0 Å². The minimum absolute atomic E-state index is 0.0480. The highest BCUT2D eigenvalue weighted by Crippen LogP contribution is 2.30. The number of nitrogens with zero attached hydrogens (tertiary/aromatic N) is 2. The van der Waals surface area contributed by atoms with E-state index in [9.17, 15) is 19.2 Å². The monoisotopic (exact) mass is 646 g/mol. The third kappa shape index (κ3) is 9.99. The summed E-state index contributed by atoms with van der Waals surface area (Å²) in [6.45, 7) is 10.6. The lowest BCUT2D eigenvalue weighted by molar-refractivity contribution is -0.149. The molecule has 1 saturated heterocycles. The fraction of sp³-hybridized carbons (Fsp3) is 0.714. The number of likely N-dealkylation sites (tertiary alicyclic amines) is 1. The van der Waals surface area contributed by atoms with Crippen LogP contribution < -0.4 is 11.1 Å². The third-order valence-electron chi connectivity index (χ3n) is 9.72. The molecule has 0 saturated carbocycles. The van der Waals surface area contributed by atoms with Crippen LogP contribution in [0.2, 0.25) is 0 Å². The molecule has 260 valence electrons. The molecule has 0 radical (unpaired) electrons. The number of esters is 1. The number of benzene rings is 1. The van der Waals surface area contributed by atoms with Crippen LogP contribution in [-0.4, -0.2) is 105 Å². The molecule has 1 aromatic rings. The Bertz CT molecular complexity index is 1120. The number of carbonyl (C=O) groups excluding carboxylic acids is 4. The Morgan fingerprint density at radius 1 is 1.04 bits per heavy atom. The van der Waals surface area contributed by atoms with E-state index < -0.39 is 30.1 Å². The van der Waals surface area contributed by atoms with Crippen LogP contribution in [0.5, 0.6) is 0 Å². The minimum Gasteiger partial charge on any atom is -0.467 e. The third-order valence-corrected chi connectivity index (χ3v) is 9.72. The second-order valence-corrected chi connectivity index (χ2v) is 12.9. The van der Waals surface area contributed by atoms with Crippen molar-refractivity contribution >= 4 is 23.7 Å². The maximum Gasteiger partial charge on any atom is 0.328 e. The maximum atomic E-state index is 14.0. The molecule has 0 bridgehead atoms. The highest BCUT2D eigenvalue weighted by molar-refractivity contribution is 5.86. The van der Waals surface area contributed by atoms with E-state index in [0.717, 1.165) is 18.4 Å². The summed E-state index contributed by atoms with van der Waals surface area (Å²) < 4.78 is 16.8. The number of rotatable bonds is 18. The topological polar surface area (TPSA) is 141 Å². The first kappa shape index (κ1) is 39.2. The SMILES string of the molecule is CC[C@H](C)[C@@H]([C@@H](CC(=O)N1CCC[C@H]1[C@H](OC)[C@@H](C)C(=O)N[C@@H](Cc1ccccc1)C(=O)OC)OC)N(C)C(=O)[C@@H](CN)C(C)C. The van der Waals surface area contributed by atoms with Crippen molar-refractivity contribution in [2.75, 3.05) is 41.5 Å². The van der Waals surface area contributed by atoms with Gasteiger partial charge in [0.1, 0.15) is 6.04 Å². The van der Waals surface area contributed by atoms with Gasteiger partial charge in [0.15, 0.2) is 0 Å². The van der Waals surface area contributed by atoms with Crippen LogP contribution in [0.3, 0.4) is 0 Å². The Morgan fingerprint density at radius 3 is 2.22 bits per heavy atom. The van der Waals surface area contributed by atoms with Gasteiger partial charge in [-0.3, -0.25) is 14.4 Å². The molecule has 0 unspecified atom stereocenters. The molecule has 0 aromatic heterocycles. The summed E-state index contributed by atoms with van der Waals surface area (Å²) in [5.41, 5.74) is 6.86. The van der Waals surface area contributed by atoms with E-state index in [4.69, 9.17) is 19.9 Å². The second-order valence-electron chi connectivity index (χ2n) is 12.9. The van der Waals surface area contributed by atoms with Crippen molar-refractivity contribution < 1.29 is 33.4 Å². The van der Waals surface area contributed by atoms with E-state index in [-0.39, 0.29) is 66.9 Å². The van der Waals surface area contributed by atoms with Gasteiger partial charge in [0, 0.05) is 40.8 Å². The minimum atomic E-state index is -0.865.